The molecule has 1 atom stereocenters. The maximum absolute atomic E-state index is 11.4. The number of guanidine groups is 1. The van der Waals surface area contributed by atoms with Gasteiger partial charge in [0.1, 0.15) is 0 Å². The Kier molecular flexibility index (Phi) is 7.92. The summed E-state index contributed by atoms with van der Waals surface area (Å²) in [6.45, 7) is 0.708. The summed E-state index contributed by atoms with van der Waals surface area (Å²) in [5.74, 6) is 1.07. The minimum absolute atomic E-state index is 0. The van der Waals surface area contributed by atoms with E-state index in [1.807, 2.05) is 24.3 Å². The number of benzene rings is 1. The summed E-state index contributed by atoms with van der Waals surface area (Å²) in [6.07, 6.45) is 1.46. The Morgan fingerprint density at radius 3 is 2.82 bits per heavy atom. The minimum atomic E-state index is -2.88. The Morgan fingerprint density at radius 1 is 1.45 bits per heavy atom. The van der Waals surface area contributed by atoms with Crippen molar-refractivity contribution in [2.45, 2.75) is 18.9 Å². The molecule has 1 aromatic carbocycles. The van der Waals surface area contributed by atoms with E-state index >= 15 is 0 Å². The lowest BCUT2D eigenvalue weighted by atomic mass is 10.1. The van der Waals surface area contributed by atoms with E-state index in [-0.39, 0.29) is 41.5 Å². The molecular formula is C14H21ClIN3O2S. The fraction of sp³-hybridized carbons (Fsp3) is 0.500. The van der Waals surface area contributed by atoms with E-state index in [2.05, 4.69) is 15.6 Å². The molecule has 124 valence electrons. The lowest BCUT2D eigenvalue weighted by Gasteiger charge is -2.16. The van der Waals surface area contributed by atoms with Crippen molar-refractivity contribution in [2.24, 2.45) is 4.99 Å². The molecule has 1 aliphatic rings. The van der Waals surface area contributed by atoms with E-state index in [4.69, 9.17) is 11.6 Å². The molecule has 2 N–H and O–H groups in total. The summed E-state index contributed by atoms with van der Waals surface area (Å²) < 4.78 is 22.9. The number of nitrogens with one attached hydrogen (secondary N) is 2. The van der Waals surface area contributed by atoms with Crippen molar-refractivity contribution in [1.29, 1.82) is 0 Å². The van der Waals surface area contributed by atoms with Gasteiger partial charge in [-0.2, -0.15) is 0 Å². The van der Waals surface area contributed by atoms with Crippen molar-refractivity contribution in [3.8, 4) is 0 Å². The molecule has 1 aliphatic heterocycles. The highest BCUT2D eigenvalue weighted by Gasteiger charge is 2.28. The Labute approximate surface area is 153 Å². The normalized spacial score (nSPS) is 20.3. The molecular weight excluding hydrogens is 437 g/mol. The van der Waals surface area contributed by atoms with E-state index in [0.717, 1.165) is 17.0 Å². The SMILES string of the molecule is CN=C(NCCc1cccc(Cl)c1)NC1CCS(=O)(=O)C1.I. The highest BCUT2D eigenvalue weighted by molar-refractivity contribution is 14.0. The van der Waals surface area contributed by atoms with Crippen LogP contribution in [0.3, 0.4) is 0 Å². The van der Waals surface area contributed by atoms with Crippen molar-refractivity contribution in [3.05, 3.63) is 34.9 Å². The molecule has 0 aromatic heterocycles. The fourth-order valence-corrected chi connectivity index (χ4v) is 4.20. The van der Waals surface area contributed by atoms with Crippen molar-refractivity contribution in [3.63, 3.8) is 0 Å². The van der Waals surface area contributed by atoms with Gasteiger partial charge in [-0.3, -0.25) is 4.99 Å². The van der Waals surface area contributed by atoms with Gasteiger partial charge in [0.2, 0.25) is 0 Å². The highest BCUT2D eigenvalue weighted by Crippen LogP contribution is 2.11. The van der Waals surface area contributed by atoms with Crippen LogP contribution in [0.15, 0.2) is 29.3 Å². The van der Waals surface area contributed by atoms with Crippen molar-refractivity contribution < 1.29 is 8.42 Å². The number of nitrogens with zero attached hydrogens (tertiary/aromatic N) is 1. The first-order valence-corrected chi connectivity index (χ1v) is 9.10. The molecule has 2 rings (SSSR count). The van der Waals surface area contributed by atoms with Gasteiger partial charge in [-0.05, 0) is 30.5 Å². The maximum atomic E-state index is 11.4. The molecule has 5 nitrogen and oxygen atoms in total. The minimum Gasteiger partial charge on any atom is -0.356 e. The predicted molar refractivity (Wildman–Crippen MR) is 102 cm³/mol. The lowest BCUT2D eigenvalue weighted by molar-refractivity contribution is 0.599. The third-order valence-electron chi connectivity index (χ3n) is 3.39. The zero-order chi connectivity index (χ0) is 15.3. The Morgan fingerprint density at radius 2 is 2.23 bits per heavy atom. The van der Waals surface area contributed by atoms with Gasteiger partial charge in [-0.15, -0.1) is 24.0 Å². The summed E-state index contributed by atoms with van der Waals surface area (Å²) in [5.41, 5.74) is 1.15. The van der Waals surface area contributed by atoms with E-state index in [0.29, 0.717) is 18.9 Å². The Hall–Kier alpha value is -0.540. The second-order valence-electron chi connectivity index (χ2n) is 5.12. The summed E-state index contributed by atoms with van der Waals surface area (Å²) in [7, 11) is -1.20. The fourth-order valence-electron chi connectivity index (χ4n) is 2.31. The molecule has 8 heteroatoms. The highest BCUT2D eigenvalue weighted by atomic mass is 127. The van der Waals surface area contributed by atoms with Gasteiger partial charge in [0.05, 0.1) is 11.5 Å². The zero-order valence-electron chi connectivity index (χ0n) is 12.4. The largest absolute Gasteiger partial charge is 0.356 e. The van der Waals surface area contributed by atoms with Crippen LogP contribution in [0.5, 0.6) is 0 Å². The van der Waals surface area contributed by atoms with Crippen LogP contribution in [-0.2, 0) is 16.3 Å². The first-order chi connectivity index (χ1) is 9.98. The quantitative estimate of drug-likeness (QED) is 0.411. The van der Waals surface area contributed by atoms with Crippen molar-refractivity contribution in [1.82, 2.24) is 10.6 Å². The standard InChI is InChI=1S/C14H20ClN3O2S.HI/c1-16-14(18-13-6-8-21(19,20)10-13)17-7-5-11-3-2-4-12(15)9-11;/h2-4,9,13H,5-8,10H2,1H3,(H2,16,17,18);1H. The van der Waals surface area contributed by atoms with Gasteiger partial charge in [-0.25, -0.2) is 8.42 Å². The van der Waals surface area contributed by atoms with Crippen LogP contribution >= 0.6 is 35.6 Å². The van der Waals surface area contributed by atoms with Gasteiger partial charge >= 0.3 is 0 Å². The predicted octanol–water partition coefficient (Wildman–Crippen LogP) is 1.85. The van der Waals surface area contributed by atoms with Gasteiger partial charge in [-0.1, -0.05) is 23.7 Å². The molecule has 1 aromatic rings. The van der Waals surface area contributed by atoms with Gasteiger partial charge in [0.25, 0.3) is 0 Å². The summed E-state index contributed by atoms with van der Waals surface area (Å²) in [4.78, 5) is 4.12. The number of hydrogen-bond donors (Lipinski definition) is 2. The van der Waals surface area contributed by atoms with Crippen LogP contribution in [0, 0.1) is 0 Å². The monoisotopic (exact) mass is 457 g/mol. The van der Waals surface area contributed by atoms with E-state index in [9.17, 15) is 8.42 Å². The average Bonchev–Trinajstić information content (AvgIpc) is 2.77. The van der Waals surface area contributed by atoms with E-state index in [1.165, 1.54) is 0 Å². The number of sulfone groups is 1. The van der Waals surface area contributed by atoms with Crippen LogP contribution in [-0.4, -0.2) is 45.5 Å². The average molecular weight is 458 g/mol. The third kappa shape index (κ3) is 6.29. The summed E-state index contributed by atoms with van der Waals surface area (Å²) in [5, 5.41) is 7.07. The molecule has 0 radical (unpaired) electrons. The van der Waals surface area contributed by atoms with Gasteiger partial charge in [0.15, 0.2) is 15.8 Å². The molecule has 0 amide bonds. The molecule has 0 bridgehead atoms. The molecule has 1 unspecified atom stereocenters. The number of hydrogen-bond acceptors (Lipinski definition) is 3. The zero-order valence-corrected chi connectivity index (χ0v) is 16.3. The lowest BCUT2D eigenvalue weighted by Crippen LogP contribution is -2.44. The smallest absolute Gasteiger partial charge is 0.191 e. The first-order valence-electron chi connectivity index (χ1n) is 6.90. The number of halogens is 2. The maximum Gasteiger partial charge on any atom is 0.191 e. The van der Waals surface area contributed by atoms with Crippen LogP contribution in [0.1, 0.15) is 12.0 Å². The molecule has 0 spiro atoms. The molecule has 1 fully saturated rings. The van der Waals surface area contributed by atoms with Crippen molar-refractivity contribution >= 4 is 51.4 Å². The van der Waals surface area contributed by atoms with Crippen LogP contribution < -0.4 is 10.6 Å². The second kappa shape index (κ2) is 8.93. The van der Waals surface area contributed by atoms with Crippen LogP contribution in [0.25, 0.3) is 0 Å². The van der Waals surface area contributed by atoms with E-state index in [1.54, 1.807) is 7.05 Å². The second-order valence-corrected chi connectivity index (χ2v) is 7.79. The van der Waals surface area contributed by atoms with Gasteiger partial charge < -0.3 is 10.6 Å². The molecule has 0 saturated carbocycles. The molecule has 22 heavy (non-hydrogen) atoms. The third-order valence-corrected chi connectivity index (χ3v) is 5.40. The van der Waals surface area contributed by atoms with Gasteiger partial charge in [0, 0.05) is 24.7 Å². The van der Waals surface area contributed by atoms with E-state index < -0.39 is 9.84 Å². The number of rotatable bonds is 4. The molecule has 1 heterocycles. The van der Waals surface area contributed by atoms with Crippen LogP contribution in [0.2, 0.25) is 5.02 Å². The molecule has 1 saturated heterocycles. The van der Waals surface area contributed by atoms with Crippen LogP contribution in [0.4, 0.5) is 0 Å². The Bertz CT molecular complexity index is 622. The topological polar surface area (TPSA) is 70.6 Å². The number of aliphatic imine (C=N–C) groups is 1. The summed E-state index contributed by atoms with van der Waals surface area (Å²) >= 11 is 5.94. The first kappa shape index (κ1) is 19.5. The van der Waals surface area contributed by atoms with Crippen molar-refractivity contribution in [2.75, 3.05) is 25.1 Å². The summed E-state index contributed by atoms with van der Waals surface area (Å²) in [6, 6.07) is 7.68. The molecule has 0 aliphatic carbocycles. The Balaban J connectivity index is 0.00000242.